The smallest absolute Gasteiger partial charge is 0.123 e. The third kappa shape index (κ3) is 2.71. The molecular formula is C14H25N3. The summed E-state index contributed by atoms with van der Waals surface area (Å²) in [4.78, 5) is 8.19. The average Bonchev–Trinajstić information content (AvgIpc) is 2.72. The molecule has 3 nitrogen and oxygen atoms in total. The second-order valence-corrected chi connectivity index (χ2v) is 6.50. The van der Waals surface area contributed by atoms with Gasteiger partial charge in [0.15, 0.2) is 0 Å². The lowest BCUT2D eigenvalue weighted by molar-refractivity contribution is 0.337. The molecule has 1 aromatic rings. The van der Waals surface area contributed by atoms with Crippen LogP contribution < -0.4 is 5.73 Å². The van der Waals surface area contributed by atoms with Crippen LogP contribution in [0.25, 0.3) is 0 Å². The van der Waals surface area contributed by atoms with Crippen molar-refractivity contribution in [2.75, 3.05) is 0 Å². The monoisotopic (exact) mass is 235 g/mol. The van der Waals surface area contributed by atoms with E-state index in [-0.39, 0.29) is 11.5 Å². The Bertz CT molecular complexity index is 387. The largest absolute Gasteiger partial charge is 0.344 e. The number of rotatable bonds is 3. The number of nitrogens with zero attached hydrogens (tertiary/aromatic N) is 1. The summed E-state index contributed by atoms with van der Waals surface area (Å²) in [5.74, 6) is 1.64. The molecule has 1 heterocycles. The predicted octanol–water partition coefficient (Wildman–Crippen LogP) is 3.29. The second kappa shape index (κ2) is 4.45. The average molecular weight is 235 g/mol. The van der Waals surface area contributed by atoms with Crippen molar-refractivity contribution in [1.29, 1.82) is 0 Å². The van der Waals surface area contributed by atoms with Crippen molar-refractivity contribution in [3.63, 3.8) is 0 Å². The Kier molecular flexibility index (Phi) is 3.30. The molecule has 2 unspecified atom stereocenters. The summed E-state index contributed by atoms with van der Waals surface area (Å²) in [6.07, 6.45) is 4.55. The van der Waals surface area contributed by atoms with Crippen LogP contribution in [0, 0.1) is 5.41 Å². The number of H-pyrrole nitrogens is 1. The number of nitrogens with two attached hydrogens (primary N) is 1. The van der Waals surface area contributed by atoms with Crippen LogP contribution in [0.2, 0.25) is 0 Å². The Morgan fingerprint density at radius 2 is 2.18 bits per heavy atom. The van der Waals surface area contributed by atoms with E-state index in [4.69, 9.17) is 10.7 Å². The van der Waals surface area contributed by atoms with Crippen LogP contribution in [0.5, 0.6) is 0 Å². The molecule has 0 spiro atoms. The van der Waals surface area contributed by atoms with Gasteiger partial charge in [-0.05, 0) is 31.1 Å². The highest BCUT2D eigenvalue weighted by atomic mass is 15.0. The van der Waals surface area contributed by atoms with Crippen molar-refractivity contribution in [2.24, 2.45) is 11.1 Å². The summed E-state index contributed by atoms with van der Waals surface area (Å²) in [5.41, 5.74) is 9.10. The number of nitrogens with one attached hydrogen (secondary N) is 1. The normalized spacial score (nSPS) is 21.6. The summed E-state index contributed by atoms with van der Waals surface area (Å²) < 4.78 is 0. The van der Waals surface area contributed by atoms with Crippen LogP contribution in [0.15, 0.2) is 0 Å². The molecule has 0 saturated carbocycles. The molecule has 96 valence electrons. The van der Waals surface area contributed by atoms with Gasteiger partial charge in [-0.2, -0.15) is 0 Å². The van der Waals surface area contributed by atoms with E-state index >= 15 is 0 Å². The first-order valence-corrected chi connectivity index (χ1v) is 6.75. The third-order valence-corrected chi connectivity index (χ3v) is 3.63. The fraction of sp³-hybridized carbons (Fsp3) is 0.786. The number of aromatic nitrogens is 2. The van der Waals surface area contributed by atoms with Crippen LogP contribution in [0.3, 0.4) is 0 Å². The minimum atomic E-state index is 0.0399. The zero-order valence-electron chi connectivity index (χ0n) is 11.5. The first-order chi connectivity index (χ1) is 7.90. The SMILES string of the molecule is CCC1CCc2[nH]c(C(N)CC(C)(C)C)nc21. The molecule has 1 aromatic heterocycles. The van der Waals surface area contributed by atoms with E-state index in [9.17, 15) is 0 Å². The molecule has 0 radical (unpaired) electrons. The van der Waals surface area contributed by atoms with Crippen LogP contribution in [0.4, 0.5) is 0 Å². The summed E-state index contributed by atoms with van der Waals surface area (Å²) in [6, 6.07) is 0.0399. The Hall–Kier alpha value is -0.830. The van der Waals surface area contributed by atoms with Gasteiger partial charge >= 0.3 is 0 Å². The quantitative estimate of drug-likeness (QED) is 0.844. The molecule has 0 amide bonds. The molecule has 1 aliphatic carbocycles. The van der Waals surface area contributed by atoms with Gasteiger partial charge < -0.3 is 10.7 Å². The molecule has 0 aliphatic heterocycles. The van der Waals surface area contributed by atoms with Gasteiger partial charge in [-0.25, -0.2) is 4.98 Å². The van der Waals surface area contributed by atoms with Gasteiger partial charge in [-0.3, -0.25) is 0 Å². The topological polar surface area (TPSA) is 54.7 Å². The van der Waals surface area contributed by atoms with E-state index < -0.39 is 0 Å². The first-order valence-electron chi connectivity index (χ1n) is 6.75. The summed E-state index contributed by atoms with van der Waals surface area (Å²) in [7, 11) is 0. The minimum Gasteiger partial charge on any atom is -0.344 e. The van der Waals surface area contributed by atoms with Crippen LogP contribution >= 0.6 is 0 Å². The summed E-state index contributed by atoms with van der Waals surface area (Å²) >= 11 is 0. The van der Waals surface area contributed by atoms with Gasteiger partial charge in [0.2, 0.25) is 0 Å². The molecule has 17 heavy (non-hydrogen) atoms. The highest BCUT2D eigenvalue weighted by Crippen LogP contribution is 2.35. The highest BCUT2D eigenvalue weighted by Gasteiger charge is 2.27. The Labute approximate surface area is 104 Å². The fourth-order valence-corrected chi connectivity index (χ4v) is 2.76. The summed E-state index contributed by atoms with van der Waals surface area (Å²) in [5, 5.41) is 0. The number of fused-ring (bicyclic) bond motifs is 1. The Morgan fingerprint density at radius 1 is 1.47 bits per heavy atom. The fourth-order valence-electron chi connectivity index (χ4n) is 2.76. The Morgan fingerprint density at radius 3 is 2.76 bits per heavy atom. The van der Waals surface area contributed by atoms with Gasteiger partial charge in [0.25, 0.3) is 0 Å². The number of aromatic amines is 1. The van der Waals surface area contributed by atoms with Crippen molar-refractivity contribution in [3.8, 4) is 0 Å². The number of aryl methyl sites for hydroxylation is 1. The second-order valence-electron chi connectivity index (χ2n) is 6.50. The van der Waals surface area contributed by atoms with Crippen LogP contribution in [0.1, 0.15) is 76.1 Å². The maximum Gasteiger partial charge on any atom is 0.123 e. The molecule has 3 heteroatoms. The lowest BCUT2D eigenvalue weighted by Crippen LogP contribution is -2.20. The zero-order chi connectivity index (χ0) is 12.6. The van der Waals surface area contributed by atoms with Crippen molar-refractivity contribution in [1.82, 2.24) is 9.97 Å². The van der Waals surface area contributed by atoms with Crippen molar-refractivity contribution in [2.45, 2.75) is 65.3 Å². The van der Waals surface area contributed by atoms with Gasteiger partial charge in [0, 0.05) is 11.6 Å². The predicted molar refractivity (Wildman–Crippen MR) is 70.9 cm³/mol. The molecule has 0 fully saturated rings. The van der Waals surface area contributed by atoms with E-state index in [1.54, 1.807) is 0 Å². The van der Waals surface area contributed by atoms with E-state index in [0.29, 0.717) is 5.92 Å². The molecule has 2 atom stereocenters. The van der Waals surface area contributed by atoms with Gasteiger partial charge in [0.05, 0.1) is 11.7 Å². The zero-order valence-corrected chi connectivity index (χ0v) is 11.5. The van der Waals surface area contributed by atoms with Gasteiger partial charge in [-0.1, -0.05) is 27.7 Å². The molecular weight excluding hydrogens is 210 g/mol. The van der Waals surface area contributed by atoms with E-state index in [2.05, 4.69) is 32.7 Å². The van der Waals surface area contributed by atoms with Crippen molar-refractivity contribution in [3.05, 3.63) is 17.2 Å². The maximum absolute atomic E-state index is 6.24. The number of hydrogen-bond donors (Lipinski definition) is 2. The number of imidazole rings is 1. The maximum atomic E-state index is 6.24. The molecule has 0 bridgehead atoms. The Balaban J connectivity index is 2.14. The third-order valence-electron chi connectivity index (χ3n) is 3.63. The first kappa shape index (κ1) is 12.6. The minimum absolute atomic E-state index is 0.0399. The summed E-state index contributed by atoms with van der Waals surface area (Å²) in [6.45, 7) is 8.90. The molecule has 2 rings (SSSR count). The molecule has 0 saturated heterocycles. The van der Waals surface area contributed by atoms with E-state index in [0.717, 1.165) is 18.7 Å². The van der Waals surface area contributed by atoms with Crippen molar-refractivity contribution < 1.29 is 0 Å². The lowest BCUT2D eigenvalue weighted by atomic mass is 9.88. The lowest BCUT2D eigenvalue weighted by Gasteiger charge is -2.21. The number of hydrogen-bond acceptors (Lipinski definition) is 2. The van der Waals surface area contributed by atoms with Gasteiger partial charge in [-0.15, -0.1) is 0 Å². The standard InChI is InChI=1S/C14H25N3/c1-5-9-6-7-11-12(9)17-13(16-11)10(15)8-14(2,3)4/h9-10H,5-8,15H2,1-4H3,(H,16,17). The highest BCUT2D eigenvalue weighted by molar-refractivity contribution is 5.25. The molecule has 3 N–H and O–H groups in total. The molecule has 0 aromatic carbocycles. The van der Waals surface area contributed by atoms with Crippen LogP contribution in [-0.2, 0) is 6.42 Å². The van der Waals surface area contributed by atoms with Gasteiger partial charge in [0.1, 0.15) is 5.82 Å². The van der Waals surface area contributed by atoms with Crippen LogP contribution in [-0.4, -0.2) is 9.97 Å². The van der Waals surface area contributed by atoms with E-state index in [1.165, 1.54) is 24.2 Å². The van der Waals surface area contributed by atoms with Crippen molar-refractivity contribution >= 4 is 0 Å². The molecule has 1 aliphatic rings. The van der Waals surface area contributed by atoms with E-state index in [1.807, 2.05) is 0 Å².